The largest absolute Gasteiger partial charge is 0.500 e. The van der Waals surface area contributed by atoms with Crippen LogP contribution in [0.1, 0.15) is 5.56 Å². The van der Waals surface area contributed by atoms with Crippen LogP contribution in [0.25, 0.3) is 0 Å². The number of rotatable bonds is 5. The predicted molar refractivity (Wildman–Crippen MR) is 80.0 cm³/mol. The summed E-state index contributed by atoms with van der Waals surface area (Å²) < 4.78 is 18.0. The molecule has 6 nitrogen and oxygen atoms in total. The molecule has 8 heteroatoms. The Morgan fingerprint density at radius 1 is 1.41 bits per heavy atom. The lowest BCUT2D eigenvalue weighted by molar-refractivity contribution is -0.386. The van der Waals surface area contributed by atoms with Crippen LogP contribution in [0, 0.1) is 15.9 Å². The topological polar surface area (TPSA) is 84.6 Å². The number of anilines is 1. The van der Waals surface area contributed by atoms with Gasteiger partial charge < -0.3 is 15.2 Å². The van der Waals surface area contributed by atoms with Crippen LogP contribution in [0.15, 0.2) is 30.3 Å². The Balaban J connectivity index is 2.23. The van der Waals surface area contributed by atoms with Crippen LogP contribution in [0.5, 0.6) is 11.5 Å². The Kier molecular flexibility index (Phi) is 4.67. The van der Waals surface area contributed by atoms with Crippen LogP contribution in [0.2, 0.25) is 5.02 Å². The lowest BCUT2D eigenvalue weighted by atomic mass is 10.1. The number of halogens is 2. The molecule has 0 spiro atoms. The number of ether oxygens (including phenoxy) is 1. The summed E-state index contributed by atoms with van der Waals surface area (Å²) in [4.78, 5) is 10.2. The van der Waals surface area contributed by atoms with Gasteiger partial charge in [0, 0.05) is 18.3 Å². The van der Waals surface area contributed by atoms with Gasteiger partial charge in [-0.2, -0.15) is 0 Å². The normalized spacial score (nSPS) is 10.3. The van der Waals surface area contributed by atoms with E-state index in [-0.39, 0.29) is 17.3 Å². The first kappa shape index (κ1) is 15.8. The average molecular weight is 327 g/mol. The number of nitrogens with zero attached hydrogens (tertiary/aromatic N) is 1. The molecule has 0 bridgehead atoms. The summed E-state index contributed by atoms with van der Waals surface area (Å²) in [6.07, 6.45) is 0. The van der Waals surface area contributed by atoms with Crippen LogP contribution >= 0.6 is 11.6 Å². The highest BCUT2D eigenvalue weighted by atomic mass is 35.5. The third-order valence-electron chi connectivity index (χ3n) is 2.95. The first-order chi connectivity index (χ1) is 10.4. The highest BCUT2D eigenvalue weighted by Gasteiger charge is 2.19. The molecule has 0 aliphatic heterocycles. The zero-order valence-electron chi connectivity index (χ0n) is 11.5. The number of phenolic OH excluding ortho intramolecular Hbond substituents is 1. The molecule has 0 radical (unpaired) electrons. The maximum Gasteiger partial charge on any atom is 0.315 e. The summed E-state index contributed by atoms with van der Waals surface area (Å²) >= 11 is 5.67. The molecule has 0 aromatic heterocycles. The van der Waals surface area contributed by atoms with E-state index in [0.717, 1.165) is 0 Å². The van der Waals surface area contributed by atoms with E-state index in [1.165, 1.54) is 37.4 Å². The number of hydrogen-bond acceptors (Lipinski definition) is 5. The molecule has 2 N–H and O–H groups in total. The molecule has 0 fully saturated rings. The van der Waals surface area contributed by atoms with Crippen molar-refractivity contribution in [2.45, 2.75) is 6.54 Å². The molecule has 0 aliphatic carbocycles. The van der Waals surface area contributed by atoms with Gasteiger partial charge in [0.1, 0.15) is 5.82 Å². The standard InChI is InChI=1S/C14H12ClFN2O4/c1-22-13-5-8(4-12(14(13)19)18(20)21)7-17-9-2-3-11(16)10(15)6-9/h2-6,17,19H,7H2,1H3. The van der Waals surface area contributed by atoms with E-state index >= 15 is 0 Å². The highest BCUT2D eigenvalue weighted by molar-refractivity contribution is 6.31. The van der Waals surface area contributed by atoms with Crippen molar-refractivity contribution in [3.63, 3.8) is 0 Å². The highest BCUT2D eigenvalue weighted by Crippen LogP contribution is 2.37. The van der Waals surface area contributed by atoms with Gasteiger partial charge in [0.05, 0.1) is 17.1 Å². The van der Waals surface area contributed by atoms with Crippen LogP contribution in [0.4, 0.5) is 15.8 Å². The molecule has 0 amide bonds. The quantitative estimate of drug-likeness (QED) is 0.646. The predicted octanol–water partition coefficient (Wildman–Crippen LogP) is 3.71. The van der Waals surface area contributed by atoms with Gasteiger partial charge in [-0.1, -0.05) is 11.6 Å². The number of aromatic hydroxyl groups is 1. The van der Waals surface area contributed by atoms with Crippen molar-refractivity contribution >= 4 is 23.0 Å². The summed E-state index contributed by atoms with van der Waals surface area (Å²) in [6, 6.07) is 6.82. The summed E-state index contributed by atoms with van der Waals surface area (Å²) in [6.45, 7) is 0.208. The number of nitro benzene ring substituents is 1. The molecular weight excluding hydrogens is 315 g/mol. The lowest BCUT2D eigenvalue weighted by Crippen LogP contribution is -2.02. The van der Waals surface area contributed by atoms with Crippen LogP contribution in [0.3, 0.4) is 0 Å². The zero-order chi connectivity index (χ0) is 16.3. The Morgan fingerprint density at radius 2 is 2.14 bits per heavy atom. The van der Waals surface area contributed by atoms with E-state index in [4.69, 9.17) is 16.3 Å². The number of benzene rings is 2. The third-order valence-corrected chi connectivity index (χ3v) is 3.24. The second kappa shape index (κ2) is 6.48. The van der Waals surface area contributed by atoms with Gasteiger partial charge in [0.15, 0.2) is 5.75 Å². The van der Waals surface area contributed by atoms with E-state index in [1.807, 2.05) is 0 Å². The maximum absolute atomic E-state index is 13.1. The zero-order valence-corrected chi connectivity index (χ0v) is 12.2. The number of phenols is 1. The van der Waals surface area contributed by atoms with Gasteiger partial charge in [-0.25, -0.2) is 4.39 Å². The fourth-order valence-electron chi connectivity index (χ4n) is 1.86. The summed E-state index contributed by atoms with van der Waals surface area (Å²) in [5, 5.41) is 23.5. The van der Waals surface area contributed by atoms with Crippen molar-refractivity contribution in [1.29, 1.82) is 0 Å². The third kappa shape index (κ3) is 3.37. The Hall–Kier alpha value is -2.54. The summed E-state index contributed by atoms with van der Waals surface area (Å²) in [5.41, 5.74) is 0.621. The first-order valence-electron chi connectivity index (χ1n) is 6.15. The number of nitrogens with one attached hydrogen (secondary N) is 1. The first-order valence-corrected chi connectivity index (χ1v) is 6.53. The smallest absolute Gasteiger partial charge is 0.315 e. The summed E-state index contributed by atoms with van der Waals surface area (Å²) in [7, 11) is 1.30. The van der Waals surface area contributed by atoms with Crippen molar-refractivity contribution in [1.82, 2.24) is 0 Å². The van der Waals surface area contributed by atoms with Crippen molar-refractivity contribution in [2.24, 2.45) is 0 Å². The van der Waals surface area contributed by atoms with Crippen molar-refractivity contribution in [3.05, 3.63) is 56.8 Å². The SMILES string of the molecule is COc1cc(CNc2ccc(F)c(Cl)c2)cc([N+](=O)[O-])c1O. The van der Waals surface area contributed by atoms with Gasteiger partial charge >= 0.3 is 5.69 Å². The minimum Gasteiger partial charge on any atom is -0.500 e. The van der Waals surface area contributed by atoms with E-state index in [9.17, 15) is 19.6 Å². The molecule has 22 heavy (non-hydrogen) atoms. The Labute approximate surface area is 130 Å². The minimum absolute atomic E-state index is 0.00291. The minimum atomic E-state index is -0.698. The number of methoxy groups -OCH3 is 1. The number of hydrogen-bond donors (Lipinski definition) is 2. The second-order valence-corrected chi connectivity index (χ2v) is 4.81. The molecule has 2 aromatic carbocycles. The van der Waals surface area contributed by atoms with Gasteiger partial charge in [-0.15, -0.1) is 0 Å². The Morgan fingerprint density at radius 3 is 2.73 bits per heavy atom. The van der Waals surface area contributed by atoms with E-state index < -0.39 is 22.2 Å². The fourth-order valence-corrected chi connectivity index (χ4v) is 2.04. The van der Waals surface area contributed by atoms with E-state index in [1.54, 1.807) is 0 Å². The molecule has 116 valence electrons. The molecule has 0 atom stereocenters. The van der Waals surface area contributed by atoms with Crippen molar-refractivity contribution in [3.8, 4) is 11.5 Å². The van der Waals surface area contributed by atoms with Crippen LogP contribution < -0.4 is 10.1 Å². The monoisotopic (exact) mass is 326 g/mol. The molecule has 0 unspecified atom stereocenters. The molecule has 0 aliphatic rings. The molecule has 2 rings (SSSR count). The molecule has 0 heterocycles. The van der Waals surface area contributed by atoms with E-state index in [0.29, 0.717) is 11.3 Å². The fraction of sp³-hybridized carbons (Fsp3) is 0.143. The van der Waals surface area contributed by atoms with Crippen molar-refractivity contribution < 1.29 is 19.2 Å². The molecule has 0 saturated heterocycles. The molecular formula is C14H12ClFN2O4. The van der Waals surface area contributed by atoms with Gasteiger partial charge in [-0.05, 0) is 29.8 Å². The summed E-state index contributed by atoms with van der Waals surface area (Å²) in [5.74, 6) is -1.06. The molecule has 0 saturated carbocycles. The maximum atomic E-state index is 13.1. The van der Waals surface area contributed by atoms with Crippen molar-refractivity contribution in [2.75, 3.05) is 12.4 Å². The number of nitro groups is 1. The second-order valence-electron chi connectivity index (χ2n) is 4.41. The van der Waals surface area contributed by atoms with Crippen LogP contribution in [-0.4, -0.2) is 17.1 Å². The van der Waals surface area contributed by atoms with Gasteiger partial charge in [0.25, 0.3) is 0 Å². The lowest BCUT2D eigenvalue weighted by Gasteiger charge is -2.10. The average Bonchev–Trinajstić information content (AvgIpc) is 2.49. The Bertz CT molecular complexity index is 724. The van der Waals surface area contributed by atoms with Crippen LogP contribution in [-0.2, 0) is 6.54 Å². The van der Waals surface area contributed by atoms with Gasteiger partial charge in [0.2, 0.25) is 5.75 Å². The molecule has 2 aromatic rings. The van der Waals surface area contributed by atoms with E-state index in [2.05, 4.69) is 5.32 Å². The van der Waals surface area contributed by atoms with Gasteiger partial charge in [-0.3, -0.25) is 10.1 Å².